The molecule has 0 fully saturated rings. The summed E-state index contributed by atoms with van der Waals surface area (Å²) in [5.74, 6) is 0.0388. The van der Waals surface area contributed by atoms with E-state index < -0.39 is 6.09 Å². The molecule has 24 heavy (non-hydrogen) atoms. The molecule has 0 aliphatic heterocycles. The molecule has 0 saturated heterocycles. The molecule has 0 aliphatic rings. The minimum Gasteiger partial charge on any atom is -0.396 e. The number of carbonyl (C=O) groups excluding carboxylic acids is 1. The van der Waals surface area contributed by atoms with Crippen molar-refractivity contribution in [2.75, 3.05) is 11.9 Å². The first-order valence-electron chi connectivity index (χ1n) is 7.56. The van der Waals surface area contributed by atoms with Crippen LogP contribution in [-0.4, -0.2) is 28.0 Å². The fraction of sp³-hybridized carbons (Fsp3) is 0.294. The average Bonchev–Trinajstić information content (AvgIpc) is 2.64. The Bertz CT molecular complexity index is 678. The highest BCUT2D eigenvalue weighted by molar-refractivity contribution is 5.86. The molecule has 126 valence electrons. The molecule has 7 heteroatoms. The van der Waals surface area contributed by atoms with Crippen molar-refractivity contribution in [2.24, 2.45) is 0 Å². The van der Waals surface area contributed by atoms with Crippen molar-refractivity contribution in [1.29, 1.82) is 5.26 Å². The summed E-state index contributed by atoms with van der Waals surface area (Å²) in [5.41, 5.74) is 1.67. The highest BCUT2D eigenvalue weighted by atomic mass is 16.6. The molecule has 7 nitrogen and oxygen atoms in total. The second-order valence-electron chi connectivity index (χ2n) is 4.59. The summed E-state index contributed by atoms with van der Waals surface area (Å²) in [6.07, 6.45) is -0.707. The van der Waals surface area contributed by atoms with Crippen LogP contribution >= 0.6 is 0 Å². The Labute approximate surface area is 140 Å². The maximum Gasteiger partial charge on any atom is 0.418 e. The Balaban J connectivity index is 0.00000139. The number of nitriles is 1. The van der Waals surface area contributed by atoms with Crippen LogP contribution in [0.3, 0.4) is 0 Å². The van der Waals surface area contributed by atoms with Crippen molar-refractivity contribution >= 4 is 11.8 Å². The van der Waals surface area contributed by atoms with E-state index in [4.69, 9.17) is 15.1 Å². The Morgan fingerprint density at radius 2 is 1.92 bits per heavy atom. The van der Waals surface area contributed by atoms with Crippen LogP contribution in [0.2, 0.25) is 0 Å². The van der Waals surface area contributed by atoms with Gasteiger partial charge in [-0.05, 0) is 23.8 Å². The summed E-state index contributed by atoms with van der Waals surface area (Å²) in [7, 11) is 0. The number of anilines is 1. The van der Waals surface area contributed by atoms with E-state index in [9.17, 15) is 4.79 Å². The number of aromatic nitrogens is 2. The summed E-state index contributed by atoms with van der Waals surface area (Å²) in [6.45, 7) is 5.96. The maximum absolute atomic E-state index is 11.7. The monoisotopic (exact) mass is 328 g/mol. The molecule has 0 bridgehead atoms. The summed E-state index contributed by atoms with van der Waals surface area (Å²) < 4.78 is 4.94. The molecule has 1 unspecified atom stereocenters. The Morgan fingerprint density at radius 3 is 2.42 bits per heavy atom. The van der Waals surface area contributed by atoms with Gasteiger partial charge in [-0.25, -0.2) is 4.79 Å². The van der Waals surface area contributed by atoms with Crippen LogP contribution in [0.5, 0.6) is 5.88 Å². The zero-order valence-corrected chi connectivity index (χ0v) is 13.9. The summed E-state index contributed by atoms with van der Waals surface area (Å²) >= 11 is 0. The quantitative estimate of drug-likeness (QED) is 0.893. The van der Waals surface area contributed by atoms with E-state index >= 15 is 0 Å². The van der Waals surface area contributed by atoms with Crippen molar-refractivity contribution < 1.29 is 14.6 Å². The first-order chi connectivity index (χ1) is 11.6. The largest absolute Gasteiger partial charge is 0.418 e. The topological polar surface area (TPSA) is 108 Å². The van der Waals surface area contributed by atoms with Crippen molar-refractivity contribution in [3.8, 4) is 11.9 Å². The molecule has 0 radical (unpaired) electrons. The zero-order valence-electron chi connectivity index (χ0n) is 13.9. The van der Waals surface area contributed by atoms with Crippen LogP contribution in [0.15, 0.2) is 36.4 Å². The highest BCUT2D eigenvalue weighted by Gasteiger charge is 2.08. The van der Waals surface area contributed by atoms with Gasteiger partial charge in [0.05, 0.1) is 0 Å². The minimum absolute atomic E-state index is 0.00187. The van der Waals surface area contributed by atoms with Gasteiger partial charge >= 0.3 is 6.09 Å². The number of benzene rings is 1. The van der Waals surface area contributed by atoms with Gasteiger partial charge < -0.3 is 9.84 Å². The second kappa shape index (κ2) is 9.92. The predicted molar refractivity (Wildman–Crippen MR) is 89.7 cm³/mol. The van der Waals surface area contributed by atoms with Crippen molar-refractivity contribution in [2.45, 2.75) is 26.7 Å². The number of hydrogen-bond acceptors (Lipinski definition) is 6. The molecule has 1 aromatic heterocycles. The van der Waals surface area contributed by atoms with Gasteiger partial charge in [0.2, 0.25) is 5.88 Å². The Kier molecular flexibility index (Phi) is 7.88. The van der Waals surface area contributed by atoms with Crippen molar-refractivity contribution in [3.05, 3.63) is 47.7 Å². The fourth-order valence-electron chi connectivity index (χ4n) is 1.67. The smallest absolute Gasteiger partial charge is 0.396 e. The van der Waals surface area contributed by atoms with Gasteiger partial charge in [-0.1, -0.05) is 32.9 Å². The first-order valence-corrected chi connectivity index (χ1v) is 7.56. The van der Waals surface area contributed by atoms with E-state index in [1.54, 1.807) is 12.1 Å². The van der Waals surface area contributed by atoms with E-state index in [2.05, 4.69) is 15.5 Å². The normalized spacial score (nSPS) is 10.6. The molecule has 0 aliphatic carbocycles. The Morgan fingerprint density at radius 1 is 1.25 bits per heavy atom. The van der Waals surface area contributed by atoms with Gasteiger partial charge in [-0.3, -0.25) is 5.32 Å². The van der Waals surface area contributed by atoms with E-state index in [1.165, 1.54) is 12.1 Å². The number of nitrogens with zero attached hydrogens (tertiary/aromatic N) is 3. The van der Waals surface area contributed by atoms with E-state index in [1.807, 2.05) is 39.0 Å². The predicted octanol–water partition coefficient (Wildman–Crippen LogP) is 3.08. The zero-order chi connectivity index (χ0) is 17.9. The van der Waals surface area contributed by atoms with Gasteiger partial charge in [-0.15, -0.1) is 10.2 Å². The van der Waals surface area contributed by atoms with Gasteiger partial charge in [0.15, 0.2) is 5.69 Å². The highest BCUT2D eigenvalue weighted by Crippen LogP contribution is 2.17. The number of aliphatic hydroxyl groups is 1. The lowest BCUT2D eigenvalue weighted by Crippen LogP contribution is -2.17. The number of hydrogen-bond donors (Lipinski definition) is 2. The van der Waals surface area contributed by atoms with Crippen LogP contribution in [0.1, 0.15) is 37.9 Å². The van der Waals surface area contributed by atoms with Crippen molar-refractivity contribution in [3.63, 3.8) is 0 Å². The molecule has 1 heterocycles. The molecule has 0 spiro atoms. The molecule has 1 atom stereocenters. The molecular formula is C17H20N4O3. The summed E-state index contributed by atoms with van der Waals surface area (Å²) in [6, 6.07) is 11.7. The number of rotatable bonds is 4. The molecule has 1 amide bonds. The third-order valence-electron chi connectivity index (χ3n) is 2.95. The lowest BCUT2D eigenvalue weighted by atomic mass is 10.0. The number of carbonyl (C=O) groups is 1. The third-order valence-corrected chi connectivity index (χ3v) is 2.95. The summed E-state index contributed by atoms with van der Waals surface area (Å²) in [4.78, 5) is 11.7. The summed E-state index contributed by atoms with van der Waals surface area (Å²) in [5, 5.41) is 27.4. The van der Waals surface area contributed by atoms with Gasteiger partial charge in [0.25, 0.3) is 0 Å². The van der Waals surface area contributed by atoms with Crippen LogP contribution in [0.4, 0.5) is 10.5 Å². The molecule has 2 rings (SSSR count). The van der Waals surface area contributed by atoms with Gasteiger partial charge in [0, 0.05) is 24.3 Å². The number of ether oxygens (including phenoxy) is 1. The van der Waals surface area contributed by atoms with E-state index in [-0.39, 0.29) is 24.1 Å². The van der Waals surface area contributed by atoms with Crippen LogP contribution in [0.25, 0.3) is 0 Å². The van der Waals surface area contributed by atoms with E-state index in [0.29, 0.717) is 5.69 Å². The number of amides is 1. The lowest BCUT2D eigenvalue weighted by Gasteiger charge is -2.10. The second-order valence-corrected chi connectivity index (χ2v) is 4.59. The maximum atomic E-state index is 11.7. The molecular weight excluding hydrogens is 308 g/mol. The molecule has 0 saturated carbocycles. The number of nitrogens with one attached hydrogen (secondary N) is 1. The molecule has 2 aromatic rings. The van der Waals surface area contributed by atoms with Crippen LogP contribution < -0.4 is 10.1 Å². The minimum atomic E-state index is -0.707. The van der Waals surface area contributed by atoms with Crippen LogP contribution in [-0.2, 0) is 0 Å². The fourth-order valence-corrected chi connectivity index (χ4v) is 1.67. The molecule has 2 N–H and O–H groups in total. The standard InChI is InChI=1S/C15H14N4O3.C2H6/c1-10(9-20)11-2-4-12(5-3-11)17-15(21)22-14-7-6-13(8-16)18-19-14;1-2/h2-7,10,20H,9H2,1H3,(H,17,21);1-2H3. The first kappa shape index (κ1) is 19.1. The average molecular weight is 328 g/mol. The molecule has 1 aromatic carbocycles. The SMILES string of the molecule is CC.CC(CO)c1ccc(NC(=O)Oc2ccc(C#N)nn2)cc1. The van der Waals surface area contributed by atoms with E-state index in [0.717, 1.165) is 5.56 Å². The number of aliphatic hydroxyl groups excluding tert-OH is 1. The Hall–Kier alpha value is -2.98. The third kappa shape index (κ3) is 5.66. The lowest BCUT2D eigenvalue weighted by molar-refractivity contribution is 0.213. The van der Waals surface area contributed by atoms with Gasteiger partial charge in [0.1, 0.15) is 6.07 Å². The van der Waals surface area contributed by atoms with Gasteiger partial charge in [-0.2, -0.15) is 5.26 Å². The van der Waals surface area contributed by atoms with Crippen molar-refractivity contribution in [1.82, 2.24) is 10.2 Å². The van der Waals surface area contributed by atoms with Crippen LogP contribution in [0, 0.1) is 11.3 Å².